The first kappa shape index (κ1) is 17.1. The molecule has 2 atom stereocenters. The van der Waals surface area contributed by atoms with Crippen LogP contribution >= 0.6 is 11.3 Å². The molecule has 0 saturated carbocycles. The summed E-state index contributed by atoms with van der Waals surface area (Å²) in [6, 6.07) is 5.96. The quantitative estimate of drug-likeness (QED) is 0.793. The lowest BCUT2D eigenvalue weighted by atomic mass is 9.73. The fourth-order valence-corrected chi connectivity index (χ4v) is 4.75. The van der Waals surface area contributed by atoms with E-state index >= 15 is 0 Å². The van der Waals surface area contributed by atoms with Crippen molar-refractivity contribution in [1.29, 1.82) is 0 Å². The van der Waals surface area contributed by atoms with Gasteiger partial charge in [0.1, 0.15) is 5.01 Å². The van der Waals surface area contributed by atoms with Gasteiger partial charge in [-0.25, -0.2) is 4.98 Å². The Labute approximate surface area is 153 Å². The highest BCUT2D eigenvalue weighted by Gasteiger charge is 2.46. The van der Waals surface area contributed by atoms with Gasteiger partial charge >= 0.3 is 0 Å². The van der Waals surface area contributed by atoms with Gasteiger partial charge in [-0.1, -0.05) is 6.07 Å². The van der Waals surface area contributed by atoms with E-state index in [9.17, 15) is 0 Å². The topological polar surface area (TPSA) is 47.5 Å². The van der Waals surface area contributed by atoms with Crippen LogP contribution in [0.5, 0.6) is 0 Å². The maximum atomic E-state index is 6.14. The Balaban J connectivity index is 1.40. The maximum absolute atomic E-state index is 6.14. The van der Waals surface area contributed by atoms with Crippen LogP contribution in [-0.4, -0.2) is 47.3 Å². The lowest BCUT2D eigenvalue weighted by molar-refractivity contribution is -0.156. The number of likely N-dealkylation sites (tertiary alicyclic amines) is 1. The SMILES string of the molecule is c1ccc(COC[C@@]23CCCO[C@H]2CCN(Cc2nccs2)C3)nc1. The normalized spacial score (nSPS) is 27.1. The van der Waals surface area contributed by atoms with Crippen molar-refractivity contribution in [3.63, 3.8) is 0 Å². The highest BCUT2D eigenvalue weighted by molar-refractivity contribution is 7.09. The van der Waals surface area contributed by atoms with Crippen LogP contribution in [0.25, 0.3) is 0 Å². The number of hydrogen-bond donors (Lipinski definition) is 0. The summed E-state index contributed by atoms with van der Waals surface area (Å²) in [5, 5.41) is 3.25. The number of piperidine rings is 1. The van der Waals surface area contributed by atoms with Crippen molar-refractivity contribution >= 4 is 11.3 Å². The predicted molar refractivity (Wildman–Crippen MR) is 97.3 cm³/mol. The standard InChI is InChI=1S/C19H25N3O2S/c1-2-7-20-16(4-1)13-23-15-19-6-3-10-24-17(19)5-9-22(14-19)12-18-21-8-11-25-18/h1-2,4,7-8,11,17H,3,5-6,9-10,12-15H2/t17-,19-/m0/s1. The molecule has 4 heterocycles. The molecule has 0 N–H and O–H groups in total. The molecular weight excluding hydrogens is 334 g/mol. The van der Waals surface area contributed by atoms with E-state index in [0.717, 1.165) is 51.4 Å². The molecule has 0 aromatic carbocycles. The molecule has 4 rings (SSSR count). The summed E-state index contributed by atoms with van der Waals surface area (Å²) in [4.78, 5) is 11.3. The van der Waals surface area contributed by atoms with Gasteiger partial charge in [0.05, 0.1) is 31.6 Å². The van der Waals surface area contributed by atoms with Crippen molar-refractivity contribution in [2.75, 3.05) is 26.3 Å². The molecule has 2 aromatic rings. The summed E-state index contributed by atoms with van der Waals surface area (Å²) in [5.74, 6) is 0. The number of ether oxygens (including phenoxy) is 2. The fraction of sp³-hybridized carbons (Fsp3) is 0.579. The van der Waals surface area contributed by atoms with Crippen LogP contribution in [0.2, 0.25) is 0 Å². The van der Waals surface area contributed by atoms with E-state index in [1.165, 1.54) is 11.4 Å². The van der Waals surface area contributed by atoms with Gasteiger partial charge in [0, 0.05) is 42.9 Å². The van der Waals surface area contributed by atoms with Crippen molar-refractivity contribution in [1.82, 2.24) is 14.9 Å². The molecule has 0 spiro atoms. The van der Waals surface area contributed by atoms with E-state index in [-0.39, 0.29) is 5.41 Å². The van der Waals surface area contributed by atoms with Crippen LogP contribution in [0.15, 0.2) is 36.0 Å². The van der Waals surface area contributed by atoms with Gasteiger partial charge in [-0.2, -0.15) is 0 Å². The zero-order valence-electron chi connectivity index (χ0n) is 14.5. The van der Waals surface area contributed by atoms with Crippen LogP contribution < -0.4 is 0 Å². The molecule has 0 unspecified atom stereocenters. The zero-order valence-corrected chi connectivity index (χ0v) is 15.3. The maximum Gasteiger partial charge on any atom is 0.107 e. The molecule has 6 heteroatoms. The zero-order chi connectivity index (χ0) is 17.0. The molecule has 25 heavy (non-hydrogen) atoms. The third-order valence-electron chi connectivity index (χ3n) is 5.28. The first-order chi connectivity index (χ1) is 12.3. The van der Waals surface area contributed by atoms with E-state index in [4.69, 9.17) is 9.47 Å². The summed E-state index contributed by atoms with van der Waals surface area (Å²) >= 11 is 1.74. The predicted octanol–water partition coefficient (Wildman–Crippen LogP) is 3.13. The Morgan fingerprint density at radius 3 is 3.16 bits per heavy atom. The van der Waals surface area contributed by atoms with Crippen LogP contribution in [0.3, 0.4) is 0 Å². The fourth-order valence-electron chi connectivity index (χ4n) is 4.09. The molecule has 2 saturated heterocycles. The Kier molecular flexibility index (Phi) is 5.41. The van der Waals surface area contributed by atoms with E-state index in [1.807, 2.05) is 30.6 Å². The molecule has 2 aliphatic rings. The average molecular weight is 359 g/mol. The molecule has 5 nitrogen and oxygen atoms in total. The average Bonchev–Trinajstić information content (AvgIpc) is 3.15. The van der Waals surface area contributed by atoms with Crippen molar-refractivity contribution in [3.05, 3.63) is 46.7 Å². The van der Waals surface area contributed by atoms with Gasteiger partial charge in [-0.3, -0.25) is 9.88 Å². The second-order valence-electron chi connectivity index (χ2n) is 7.06. The van der Waals surface area contributed by atoms with Gasteiger partial charge in [0.2, 0.25) is 0 Å². The number of nitrogens with zero attached hydrogens (tertiary/aromatic N) is 3. The lowest BCUT2D eigenvalue weighted by Crippen LogP contribution is -2.56. The van der Waals surface area contributed by atoms with Crippen LogP contribution in [0, 0.1) is 5.41 Å². The monoisotopic (exact) mass is 359 g/mol. The van der Waals surface area contributed by atoms with E-state index in [0.29, 0.717) is 12.7 Å². The van der Waals surface area contributed by atoms with Crippen LogP contribution in [-0.2, 0) is 22.6 Å². The van der Waals surface area contributed by atoms with Gasteiger partial charge in [-0.05, 0) is 31.4 Å². The van der Waals surface area contributed by atoms with Gasteiger partial charge < -0.3 is 9.47 Å². The molecule has 134 valence electrons. The number of rotatable bonds is 6. The van der Waals surface area contributed by atoms with Gasteiger partial charge in [0.25, 0.3) is 0 Å². The smallest absolute Gasteiger partial charge is 0.107 e. The molecule has 2 aliphatic heterocycles. The first-order valence-corrected chi connectivity index (χ1v) is 9.92. The number of aromatic nitrogens is 2. The minimum Gasteiger partial charge on any atom is -0.377 e. The highest BCUT2D eigenvalue weighted by atomic mass is 32.1. The Hall–Kier alpha value is -1.34. The molecule has 0 radical (unpaired) electrons. The van der Waals surface area contributed by atoms with Crippen molar-refractivity contribution in [2.45, 2.75) is 38.5 Å². The second-order valence-corrected chi connectivity index (χ2v) is 8.04. The summed E-state index contributed by atoms with van der Waals surface area (Å²) in [6.45, 7) is 5.24. The number of hydrogen-bond acceptors (Lipinski definition) is 6. The van der Waals surface area contributed by atoms with Crippen LogP contribution in [0.4, 0.5) is 0 Å². The van der Waals surface area contributed by atoms with Crippen LogP contribution in [0.1, 0.15) is 30.0 Å². The first-order valence-electron chi connectivity index (χ1n) is 9.04. The second kappa shape index (κ2) is 7.91. The Morgan fingerprint density at radius 1 is 1.32 bits per heavy atom. The third-order valence-corrected chi connectivity index (χ3v) is 6.04. The Bertz CT molecular complexity index is 652. The summed E-state index contributed by atoms with van der Waals surface area (Å²) in [5.41, 5.74) is 1.09. The highest BCUT2D eigenvalue weighted by Crippen LogP contribution is 2.41. The number of fused-ring (bicyclic) bond motifs is 1. The minimum atomic E-state index is 0.0997. The van der Waals surface area contributed by atoms with Crippen molar-refractivity contribution in [2.24, 2.45) is 5.41 Å². The van der Waals surface area contributed by atoms with Gasteiger partial charge in [0.15, 0.2) is 0 Å². The number of thiazole rings is 1. The molecule has 0 aliphatic carbocycles. The summed E-state index contributed by atoms with van der Waals surface area (Å²) in [6.07, 6.45) is 7.40. The lowest BCUT2D eigenvalue weighted by Gasteiger charge is -2.50. The van der Waals surface area contributed by atoms with E-state index < -0.39 is 0 Å². The summed E-state index contributed by atoms with van der Waals surface area (Å²) in [7, 11) is 0. The molecule has 0 bridgehead atoms. The van der Waals surface area contributed by atoms with Crippen molar-refractivity contribution in [3.8, 4) is 0 Å². The van der Waals surface area contributed by atoms with Crippen molar-refractivity contribution < 1.29 is 9.47 Å². The molecular formula is C19H25N3O2S. The summed E-state index contributed by atoms with van der Waals surface area (Å²) < 4.78 is 12.3. The van der Waals surface area contributed by atoms with E-state index in [1.54, 1.807) is 11.3 Å². The number of pyridine rings is 1. The molecule has 2 aromatic heterocycles. The molecule has 0 amide bonds. The van der Waals surface area contributed by atoms with E-state index in [2.05, 4.69) is 20.2 Å². The third kappa shape index (κ3) is 4.08. The largest absolute Gasteiger partial charge is 0.377 e. The Morgan fingerprint density at radius 2 is 2.32 bits per heavy atom. The minimum absolute atomic E-state index is 0.0997. The van der Waals surface area contributed by atoms with Gasteiger partial charge in [-0.15, -0.1) is 11.3 Å². The molecule has 2 fully saturated rings.